The highest BCUT2D eigenvalue weighted by molar-refractivity contribution is 14.1. The lowest BCUT2D eigenvalue weighted by molar-refractivity contribution is 0.400. The second-order valence-electron chi connectivity index (χ2n) is 1.44. The van der Waals surface area contributed by atoms with Gasteiger partial charge >= 0.3 is 6.02 Å². The molecule has 0 fully saturated rings. The van der Waals surface area contributed by atoms with Crippen LogP contribution in [-0.4, -0.2) is 25.6 Å². The molecule has 3 nitrogen and oxygen atoms in total. The van der Waals surface area contributed by atoms with E-state index >= 15 is 0 Å². The third-order valence-electron chi connectivity index (χ3n) is 0.516. The van der Waals surface area contributed by atoms with Crippen molar-refractivity contribution in [2.24, 2.45) is 7.57 Å². The molecule has 0 aromatic rings. The Hall–Kier alpha value is 0.350. The van der Waals surface area contributed by atoms with Crippen molar-refractivity contribution in [1.29, 1.82) is 0 Å². The number of halogens is 1. The number of rotatable bonds is 0. The van der Waals surface area contributed by atoms with Gasteiger partial charge in [-0.15, -0.1) is 0 Å². The fraction of sp³-hybridized carbons (Fsp3) is 0.750. The van der Waals surface area contributed by atoms with Crippen LogP contribution in [0.25, 0.3) is 0 Å². The molecule has 0 aliphatic heterocycles. The van der Waals surface area contributed by atoms with Crippen LogP contribution in [0.5, 0.6) is 0 Å². The van der Waals surface area contributed by atoms with Crippen molar-refractivity contribution in [3.05, 3.63) is 0 Å². The lowest BCUT2D eigenvalue weighted by Gasteiger charge is -1.94. The smallest absolute Gasteiger partial charge is 0.327 e. The summed E-state index contributed by atoms with van der Waals surface area (Å²) >= 11 is 1.86. The SMILES string of the molecule is CO/C(N=S(C)C)=N/I. The summed E-state index contributed by atoms with van der Waals surface area (Å²) in [5.74, 6) is 0. The molecule has 0 atom stereocenters. The van der Waals surface area contributed by atoms with Crippen molar-refractivity contribution in [1.82, 2.24) is 0 Å². The number of ether oxygens (including phenoxy) is 1. The van der Waals surface area contributed by atoms with Crippen LogP contribution in [0.2, 0.25) is 0 Å². The fourth-order valence-corrected chi connectivity index (χ4v) is 1.12. The van der Waals surface area contributed by atoms with E-state index in [1.54, 1.807) is 7.11 Å². The number of nitrogens with zero attached hydrogens (tertiary/aromatic N) is 2. The largest absolute Gasteiger partial charge is 0.466 e. The van der Waals surface area contributed by atoms with Crippen LogP contribution in [0.15, 0.2) is 7.57 Å². The summed E-state index contributed by atoms with van der Waals surface area (Å²) in [7, 11) is 1.58. The average Bonchev–Trinajstić information content (AvgIpc) is 1.82. The number of hydrogen-bond donors (Lipinski definition) is 0. The van der Waals surface area contributed by atoms with Gasteiger partial charge < -0.3 is 4.74 Å². The first kappa shape index (κ1) is 9.35. The first-order valence-corrected chi connectivity index (χ1v) is 5.19. The lowest BCUT2D eigenvalue weighted by atomic mass is 11.2. The summed E-state index contributed by atoms with van der Waals surface area (Å²) in [5, 5.41) is 0. The normalized spacial score (nSPS) is 11.9. The molecule has 0 aliphatic rings. The summed E-state index contributed by atoms with van der Waals surface area (Å²) in [6.07, 6.45) is 4.00. The van der Waals surface area contributed by atoms with Crippen molar-refractivity contribution in [2.45, 2.75) is 0 Å². The predicted molar refractivity (Wildman–Crippen MR) is 50.1 cm³/mol. The van der Waals surface area contributed by atoms with Gasteiger partial charge in [-0.05, 0) is 12.5 Å². The molecule has 9 heavy (non-hydrogen) atoms. The van der Waals surface area contributed by atoms with Crippen molar-refractivity contribution in [3.8, 4) is 0 Å². The van der Waals surface area contributed by atoms with E-state index in [0.29, 0.717) is 6.02 Å². The average molecular weight is 260 g/mol. The van der Waals surface area contributed by atoms with Gasteiger partial charge in [-0.1, -0.05) is 10.7 Å². The van der Waals surface area contributed by atoms with E-state index in [1.165, 1.54) is 0 Å². The molecule has 0 bridgehead atoms. The quantitative estimate of drug-likeness (QED) is 0.368. The lowest BCUT2D eigenvalue weighted by Crippen LogP contribution is -1.96. The summed E-state index contributed by atoms with van der Waals surface area (Å²) < 4.78 is 12.6. The van der Waals surface area contributed by atoms with Gasteiger partial charge in [0.05, 0.1) is 30.0 Å². The van der Waals surface area contributed by atoms with Gasteiger partial charge in [0.25, 0.3) is 0 Å². The standard InChI is InChI=1S/C4H9IN2OS/c1-8-4(6-5)7-9(2)3/h1-3H3/b6-4+. The molecule has 54 valence electrons. The first-order chi connectivity index (χ1) is 4.20. The van der Waals surface area contributed by atoms with Crippen LogP contribution in [0.1, 0.15) is 0 Å². The van der Waals surface area contributed by atoms with Gasteiger partial charge in [0, 0.05) is 0 Å². The molecule has 0 aromatic heterocycles. The number of methoxy groups -OCH3 is 1. The van der Waals surface area contributed by atoms with Crippen molar-refractivity contribution >= 4 is 39.6 Å². The van der Waals surface area contributed by atoms with E-state index in [1.807, 2.05) is 35.4 Å². The Balaban J connectivity index is 4.01. The Morgan fingerprint density at radius 2 is 2.11 bits per heavy atom. The van der Waals surface area contributed by atoms with Crippen LogP contribution < -0.4 is 0 Å². The molecule has 0 aliphatic carbocycles. The second-order valence-corrected chi connectivity index (χ2v) is 3.65. The molecule has 0 saturated heterocycles. The number of hydrogen-bond acceptors (Lipinski definition) is 2. The van der Waals surface area contributed by atoms with Crippen LogP contribution in [0.3, 0.4) is 0 Å². The molecule has 0 aromatic carbocycles. The Kier molecular flexibility index (Phi) is 5.36. The molecule has 0 unspecified atom stereocenters. The van der Waals surface area contributed by atoms with Gasteiger partial charge in [-0.25, -0.2) is 0 Å². The highest BCUT2D eigenvalue weighted by atomic mass is 127. The second kappa shape index (κ2) is 5.16. The topological polar surface area (TPSA) is 34.0 Å². The molecule has 0 saturated carbocycles. The monoisotopic (exact) mass is 260 g/mol. The fourth-order valence-electron chi connectivity index (χ4n) is 0.243. The highest BCUT2D eigenvalue weighted by Gasteiger charge is 1.89. The minimum atomic E-state index is 0.0190. The van der Waals surface area contributed by atoms with Crippen LogP contribution in [0.4, 0.5) is 0 Å². The molecule has 0 amide bonds. The Labute approximate surface area is 71.5 Å². The molecule has 0 heterocycles. The van der Waals surface area contributed by atoms with Crippen LogP contribution in [0, 0.1) is 0 Å². The summed E-state index contributed by atoms with van der Waals surface area (Å²) in [4.78, 5) is 0. The van der Waals surface area contributed by atoms with E-state index in [4.69, 9.17) is 4.74 Å². The molecular weight excluding hydrogens is 251 g/mol. The molecule has 5 heteroatoms. The van der Waals surface area contributed by atoms with Crippen molar-refractivity contribution < 1.29 is 4.74 Å². The van der Waals surface area contributed by atoms with Gasteiger partial charge in [-0.3, -0.25) is 0 Å². The summed E-state index contributed by atoms with van der Waals surface area (Å²) in [6.45, 7) is 0. The maximum absolute atomic E-state index is 4.79. The van der Waals surface area contributed by atoms with Crippen LogP contribution >= 0.6 is 22.9 Å². The van der Waals surface area contributed by atoms with Crippen molar-refractivity contribution in [3.63, 3.8) is 0 Å². The van der Waals surface area contributed by atoms with E-state index in [2.05, 4.69) is 7.57 Å². The van der Waals surface area contributed by atoms with E-state index in [-0.39, 0.29) is 10.7 Å². The molecule has 0 radical (unpaired) electrons. The first-order valence-electron chi connectivity index (χ1n) is 2.23. The zero-order valence-electron chi connectivity index (χ0n) is 5.59. The maximum Gasteiger partial charge on any atom is 0.327 e. The summed E-state index contributed by atoms with van der Waals surface area (Å²) in [6, 6.07) is 0.462. The van der Waals surface area contributed by atoms with Gasteiger partial charge in [0.2, 0.25) is 0 Å². The Morgan fingerprint density at radius 3 is 2.22 bits per heavy atom. The van der Waals surface area contributed by atoms with Gasteiger partial charge in [0.15, 0.2) is 0 Å². The number of amidine groups is 1. The highest BCUT2D eigenvalue weighted by Crippen LogP contribution is 1.91. The molecule has 0 N–H and O–H groups in total. The third kappa shape index (κ3) is 4.83. The third-order valence-corrected chi connectivity index (χ3v) is 1.45. The van der Waals surface area contributed by atoms with Crippen molar-refractivity contribution in [2.75, 3.05) is 19.6 Å². The predicted octanol–water partition coefficient (Wildman–Crippen LogP) is 1.40. The Bertz CT molecular complexity index is 142. The minimum Gasteiger partial charge on any atom is -0.466 e. The molecule has 0 rings (SSSR count). The van der Waals surface area contributed by atoms with E-state index < -0.39 is 0 Å². The maximum atomic E-state index is 4.79. The molecular formula is C4H9IN2OS. The summed E-state index contributed by atoms with van der Waals surface area (Å²) in [5.41, 5.74) is 0. The van der Waals surface area contributed by atoms with E-state index in [9.17, 15) is 0 Å². The minimum absolute atomic E-state index is 0.0190. The molecule has 0 spiro atoms. The van der Waals surface area contributed by atoms with Gasteiger partial charge in [-0.2, -0.15) is 7.57 Å². The zero-order valence-corrected chi connectivity index (χ0v) is 8.56. The van der Waals surface area contributed by atoms with E-state index in [0.717, 1.165) is 0 Å². The Morgan fingerprint density at radius 1 is 1.56 bits per heavy atom. The van der Waals surface area contributed by atoms with Gasteiger partial charge in [0.1, 0.15) is 0 Å². The van der Waals surface area contributed by atoms with Crippen LogP contribution in [-0.2, 0) is 15.4 Å². The zero-order chi connectivity index (χ0) is 7.28.